The summed E-state index contributed by atoms with van der Waals surface area (Å²) in [6.45, 7) is 4.99. The van der Waals surface area contributed by atoms with Crippen LogP contribution in [-0.2, 0) is 9.53 Å². The number of ether oxygens (including phenoxy) is 1. The second-order valence-corrected chi connectivity index (χ2v) is 6.17. The fourth-order valence-corrected chi connectivity index (χ4v) is 3.45. The second kappa shape index (κ2) is 8.01. The van der Waals surface area contributed by atoms with Gasteiger partial charge in [0.05, 0.1) is 12.7 Å². The van der Waals surface area contributed by atoms with Gasteiger partial charge in [-0.25, -0.2) is 0 Å². The lowest BCUT2D eigenvalue weighted by Crippen LogP contribution is -2.33. The van der Waals surface area contributed by atoms with Crippen LogP contribution < -0.4 is 5.32 Å². The maximum Gasteiger partial charge on any atom is 0.138 e. The number of carbonyl (C=O) groups excluding carboxylic acids is 1. The maximum atomic E-state index is 12.2. The Labute approximate surface area is 117 Å². The van der Waals surface area contributed by atoms with Crippen molar-refractivity contribution in [3.63, 3.8) is 0 Å². The standard InChI is InChI=1S/C16H29NO2/c1-2-13-4-3-5-14(12-13)16(18)8-11-19-15-6-9-17-10-7-15/h13-15,17H,2-12H2,1H3. The van der Waals surface area contributed by atoms with Crippen LogP contribution in [-0.4, -0.2) is 31.6 Å². The van der Waals surface area contributed by atoms with E-state index < -0.39 is 0 Å². The Balaban J connectivity index is 1.63. The van der Waals surface area contributed by atoms with E-state index in [1.807, 2.05) is 0 Å². The highest BCUT2D eigenvalue weighted by atomic mass is 16.5. The van der Waals surface area contributed by atoms with Gasteiger partial charge in [-0.05, 0) is 44.7 Å². The van der Waals surface area contributed by atoms with Gasteiger partial charge >= 0.3 is 0 Å². The number of piperidine rings is 1. The minimum absolute atomic E-state index is 0.329. The molecule has 2 aliphatic rings. The van der Waals surface area contributed by atoms with E-state index in [2.05, 4.69) is 12.2 Å². The molecule has 1 heterocycles. The van der Waals surface area contributed by atoms with Gasteiger partial charge in [0.2, 0.25) is 0 Å². The molecule has 0 aromatic carbocycles. The van der Waals surface area contributed by atoms with Crippen molar-refractivity contribution < 1.29 is 9.53 Å². The summed E-state index contributed by atoms with van der Waals surface area (Å²) in [5.74, 6) is 1.57. The van der Waals surface area contributed by atoms with E-state index in [1.54, 1.807) is 0 Å². The lowest BCUT2D eigenvalue weighted by atomic mass is 9.78. The van der Waals surface area contributed by atoms with E-state index in [4.69, 9.17) is 4.74 Å². The summed E-state index contributed by atoms with van der Waals surface area (Å²) in [6, 6.07) is 0. The summed E-state index contributed by atoms with van der Waals surface area (Å²) >= 11 is 0. The van der Waals surface area contributed by atoms with Gasteiger partial charge in [0, 0.05) is 12.3 Å². The molecule has 2 unspecified atom stereocenters. The van der Waals surface area contributed by atoms with Crippen LogP contribution in [0.4, 0.5) is 0 Å². The predicted molar refractivity (Wildman–Crippen MR) is 77.2 cm³/mol. The third kappa shape index (κ3) is 4.88. The fourth-order valence-electron chi connectivity index (χ4n) is 3.45. The van der Waals surface area contributed by atoms with Gasteiger partial charge < -0.3 is 10.1 Å². The lowest BCUT2D eigenvalue weighted by Gasteiger charge is -2.28. The molecule has 1 N–H and O–H groups in total. The summed E-state index contributed by atoms with van der Waals surface area (Å²) in [5.41, 5.74) is 0. The Kier molecular flexibility index (Phi) is 6.32. The summed E-state index contributed by atoms with van der Waals surface area (Å²) in [4.78, 5) is 12.2. The van der Waals surface area contributed by atoms with E-state index in [-0.39, 0.29) is 0 Å². The fraction of sp³-hybridized carbons (Fsp3) is 0.938. The largest absolute Gasteiger partial charge is 0.378 e. The maximum absolute atomic E-state index is 12.2. The van der Waals surface area contributed by atoms with E-state index in [9.17, 15) is 4.79 Å². The van der Waals surface area contributed by atoms with Crippen LogP contribution in [0.3, 0.4) is 0 Å². The Morgan fingerprint density at radius 1 is 1.21 bits per heavy atom. The molecule has 2 atom stereocenters. The molecule has 0 bridgehead atoms. The molecule has 0 aromatic rings. The number of nitrogens with one attached hydrogen (secondary N) is 1. The first-order valence-corrected chi connectivity index (χ1v) is 8.14. The van der Waals surface area contributed by atoms with Gasteiger partial charge in [0.15, 0.2) is 0 Å². The highest BCUT2D eigenvalue weighted by Crippen LogP contribution is 2.32. The first kappa shape index (κ1) is 15.0. The SMILES string of the molecule is CCC1CCCC(C(=O)CCOC2CCNCC2)C1. The Bertz CT molecular complexity index is 274. The average molecular weight is 267 g/mol. The van der Waals surface area contributed by atoms with E-state index in [0.717, 1.165) is 44.7 Å². The zero-order chi connectivity index (χ0) is 13.5. The van der Waals surface area contributed by atoms with Gasteiger partial charge in [-0.1, -0.05) is 26.2 Å². The van der Waals surface area contributed by atoms with Crippen LogP contribution in [0.5, 0.6) is 0 Å². The summed E-state index contributed by atoms with van der Waals surface area (Å²) in [6.07, 6.45) is 9.23. The van der Waals surface area contributed by atoms with Crippen molar-refractivity contribution in [2.75, 3.05) is 19.7 Å². The molecule has 1 aliphatic carbocycles. The second-order valence-electron chi connectivity index (χ2n) is 6.17. The van der Waals surface area contributed by atoms with Crippen LogP contribution in [0.25, 0.3) is 0 Å². The van der Waals surface area contributed by atoms with Crippen LogP contribution in [0.1, 0.15) is 58.3 Å². The molecule has 0 spiro atoms. The van der Waals surface area contributed by atoms with Crippen molar-refractivity contribution in [1.29, 1.82) is 0 Å². The highest BCUT2D eigenvalue weighted by molar-refractivity contribution is 5.81. The molecule has 0 aromatic heterocycles. The molecule has 1 aliphatic heterocycles. The Morgan fingerprint density at radius 3 is 2.74 bits per heavy atom. The number of Topliss-reactive ketones (excluding diaryl/α,β-unsaturated/α-hetero) is 1. The van der Waals surface area contributed by atoms with Crippen molar-refractivity contribution in [2.24, 2.45) is 11.8 Å². The molecule has 0 radical (unpaired) electrons. The van der Waals surface area contributed by atoms with Gasteiger partial charge in [0.25, 0.3) is 0 Å². The third-order valence-corrected chi connectivity index (χ3v) is 4.80. The molecular weight excluding hydrogens is 238 g/mol. The number of hydrogen-bond donors (Lipinski definition) is 1. The van der Waals surface area contributed by atoms with E-state index in [1.165, 1.54) is 19.3 Å². The Hall–Kier alpha value is -0.410. The third-order valence-electron chi connectivity index (χ3n) is 4.80. The van der Waals surface area contributed by atoms with Crippen molar-refractivity contribution in [3.05, 3.63) is 0 Å². The van der Waals surface area contributed by atoms with Gasteiger partial charge in [-0.2, -0.15) is 0 Å². The molecule has 1 saturated carbocycles. The molecule has 110 valence electrons. The van der Waals surface area contributed by atoms with Gasteiger partial charge in [-0.3, -0.25) is 4.79 Å². The minimum atomic E-state index is 0.329. The molecule has 2 rings (SSSR count). The Morgan fingerprint density at radius 2 is 2.00 bits per heavy atom. The van der Waals surface area contributed by atoms with Crippen LogP contribution >= 0.6 is 0 Å². The normalized spacial score (nSPS) is 29.3. The predicted octanol–water partition coefficient (Wildman–Crippen LogP) is 2.93. The number of ketones is 1. The monoisotopic (exact) mass is 267 g/mol. The summed E-state index contributed by atoms with van der Waals surface area (Å²) < 4.78 is 5.84. The number of rotatable bonds is 6. The molecule has 1 saturated heterocycles. The van der Waals surface area contributed by atoms with Crippen molar-refractivity contribution in [3.8, 4) is 0 Å². The van der Waals surface area contributed by atoms with Crippen molar-refractivity contribution in [1.82, 2.24) is 5.32 Å². The molecular formula is C16H29NO2. The zero-order valence-corrected chi connectivity index (χ0v) is 12.3. The summed E-state index contributed by atoms with van der Waals surface area (Å²) in [7, 11) is 0. The van der Waals surface area contributed by atoms with Crippen LogP contribution in [0, 0.1) is 11.8 Å². The van der Waals surface area contributed by atoms with Gasteiger partial charge in [0.1, 0.15) is 5.78 Å². The number of hydrogen-bond acceptors (Lipinski definition) is 3. The van der Waals surface area contributed by atoms with Gasteiger partial charge in [-0.15, -0.1) is 0 Å². The van der Waals surface area contributed by atoms with E-state index in [0.29, 0.717) is 30.8 Å². The lowest BCUT2D eigenvalue weighted by molar-refractivity contribution is -0.126. The number of carbonyl (C=O) groups is 1. The average Bonchev–Trinajstić information content (AvgIpc) is 2.48. The van der Waals surface area contributed by atoms with Crippen LogP contribution in [0.2, 0.25) is 0 Å². The minimum Gasteiger partial charge on any atom is -0.378 e. The first-order valence-electron chi connectivity index (χ1n) is 8.14. The molecule has 3 heteroatoms. The topological polar surface area (TPSA) is 38.3 Å². The van der Waals surface area contributed by atoms with Crippen molar-refractivity contribution >= 4 is 5.78 Å². The molecule has 0 amide bonds. The summed E-state index contributed by atoms with van der Waals surface area (Å²) in [5, 5.41) is 3.33. The molecule has 3 nitrogen and oxygen atoms in total. The molecule has 2 fully saturated rings. The first-order chi connectivity index (χ1) is 9.29. The quantitative estimate of drug-likeness (QED) is 0.804. The molecule has 19 heavy (non-hydrogen) atoms. The smallest absolute Gasteiger partial charge is 0.138 e. The van der Waals surface area contributed by atoms with Crippen LogP contribution in [0.15, 0.2) is 0 Å². The highest BCUT2D eigenvalue weighted by Gasteiger charge is 2.26. The van der Waals surface area contributed by atoms with Crippen molar-refractivity contribution in [2.45, 2.75) is 64.4 Å². The van der Waals surface area contributed by atoms with E-state index >= 15 is 0 Å². The zero-order valence-electron chi connectivity index (χ0n) is 12.3.